The van der Waals surface area contributed by atoms with Gasteiger partial charge in [0.05, 0.1) is 12.3 Å². The summed E-state index contributed by atoms with van der Waals surface area (Å²) in [4.78, 5) is 0. The highest BCUT2D eigenvalue weighted by Crippen LogP contribution is 2.28. The van der Waals surface area contributed by atoms with Gasteiger partial charge in [-0.05, 0) is 37.5 Å². The average molecular weight is 349 g/mol. The van der Waals surface area contributed by atoms with Crippen molar-refractivity contribution in [2.24, 2.45) is 7.05 Å². The highest BCUT2D eigenvalue weighted by molar-refractivity contribution is 7.89. The van der Waals surface area contributed by atoms with Crippen molar-refractivity contribution in [2.45, 2.75) is 33.4 Å². The van der Waals surface area contributed by atoms with Gasteiger partial charge in [-0.25, -0.2) is 8.42 Å². The van der Waals surface area contributed by atoms with Crippen LogP contribution >= 0.6 is 0 Å². The van der Waals surface area contributed by atoms with Crippen LogP contribution in [0.15, 0.2) is 18.2 Å². The number of nitrogens with one attached hydrogen (secondary N) is 1. The first kappa shape index (κ1) is 16.9. The van der Waals surface area contributed by atoms with E-state index in [1.165, 1.54) is 5.56 Å². The predicted octanol–water partition coefficient (Wildman–Crippen LogP) is 1.44. The molecule has 1 aromatic heterocycles. The van der Waals surface area contributed by atoms with E-state index in [2.05, 4.69) is 15.5 Å². The highest BCUT2D eigenvalue weighted by atomic mass is 32.2. The Kier molecular flexibility index (Phi) is 4.60. The third kappa shape index (κ3) is 3.16. The summed E-state index contributed by atoms with van der Waals surface area (Å²) in [6.45, 7) is 5.18. The molecule has 0 unspecified atom stereocenters. The van der Waals surface area contributed by atoms with Gasteiger partial charge in [-0.2, -0.15) is 4.31 Å². The van der Waals surface area contributed by atoms with E-state index in [0.717, 1.165) is 29.3 Å². The van der Waals surface area contributed by atoms with Crippen LogP contribution in [0.1, 0.15) is 29.7 Å². The number of benzene rings is 1. The number of sulfonamides is 1. The Hall–Kier alpha value is -1.93. The number of hydrogen-bond donors (Lipinski definition) is 1. The van der Waals surface area contributed by atoms with Gasteiger partial charge >= 0.3 is 0 Å². The Morgan fingerprint density at radius 2 is 2.08 bits per heavy atom. The lowest BCUT2D eigenvalue weighted by atomic mass is 9.99. The van der Waals surface area contributed by atoms with Crippen molar-refractivity contribution in [3.8, 4) is 0 Å². The van der Waals surface area contributed by atoms with E-state index in [-0.39, 0.29) is 5.75 Å². The molecule has 130 valence electrons. The predicted molar refractivity (Wildman–Crippen MR) is 93.1 cm³/mol. The van der Waals surface area contributed by atoms with Gasteiger partial charge in [0.15, 0.2) is 5.82 Å². The highest BCUT2D eigenvalue weighted by Gasteiger charge is 2.26. The molecule has 0 saturated heterocycles. The minimum Gasteiger partial charge on any atom is -0.378 e. The molecule has 0 saturated carbocycles. The molecule has 1 aliphatic heterocycles. The lowest BCUT2D eigenvalue weighted by molar-refractivity contribution is 0.392. The molecule has 24 heavy (non-hydrogen) atoms. The van der Waals surface area contributed by atoms with E-state index >= 15 is 0 Å². The standard InChI is InChI=1S/C16H23N5O2S/c1-4-24(22,23)21-9-8-14-13(11-21)6-5-7-15(14)17-10-16-19-18-12(2)20(16)3/h5-7,17H,4,8-11H2,1-3H3. The Morgan fingerprint density at radius 1 is 1.29 bits per heavy atom. The number of anilines is 1. The van der Waals surface area contributed by atoms with Crippen molar-refractivity contribution < 1.29 is 8.42 Å². The van der Waals surface area contributed by atoms with E-state index in [1.807, 2.05) is 36.7 Å². The SMILES string of the molecule is CCS(=O)(=O)N1CCc2c(cccc2NCc2nnc(C)n2C)C1. The van der Waals surface area contributed by atoms with Crippen molar-refractivity contribution in [2.75, 3.05) is 17.6 Å². The van der Waals surface area contributed by atoms with Crippen LogP contribution in [-0.4, -0.2) is 39.8 Å². The van der Waals surface area contributed by atoms with Crippen molar-refractivity contribution in [1.29, 1.82) is 0 Å². The largest absolute Gasteiger partial charge is 0.378 e. The van der Waals surface area contributed by atoms with Gasteiger partial charge < -0.3 is 9.88 Å². The Bertz CT molecular complexity index is 844. The van der Waals surface area contributed by atoms with Crippen molar-refractivity contribution >= 4 is 15.7 Å². The molecule has 1 N–H and O–H groups in total. The van der Waals surface area contributed by atoms with Crippen LogP contribution < -0.4 is 5.32 Å². The van der Waals surface area contributed by atoms with E-state index in [4.69, 9.17) is 0 Å². The number of aromatic nitrogens is 3. The molecule has 0 amide bonds. The van der Waals surface area contributed by atoms with E-state index in [1.54, 1.807) is 11.2 Å². The molecular weight excluding hydrogens is 326 g/mol. The third-order valence-corrected chi connectivity index (χ3v) is 6.44. The summed E-state index contributed by atoms with van der Waals surface area (Å²) in [5.74, 6) is 1.89. The lowest BCUT2D eigenvalue weighted by Gasteiger charge is -2.29. The fourth-order valence-corrected chi connectivity index (χ4v) is 4.02. The van der Waals surface area contributed by atoms with Gasteiger partial charge in [0.1, 0.15) is 5.82 Å². The summed E-state index contributed by atoms with van der Waals surface area (Å²) in [6.07, 6.45) is 0.718. The second-order valence-corrected chi connectivity index (χ2v) is 8.26. The van der Waals surface area contributed by atoms with Crippen molar-refractivity contribution in [3.05, 3.63) is 41.0 Å². The topological polar surface area (TPSA) is 80.1 Å². The number of aryl methyl sites for hydroxylation is 1. The lowest BCUT2D eigenvalue weighted by Crippen LogP contribution is -2.37. The van der Waals surface area contributed by atoms with Gasteiger partial charge in [0, 0.05) is 25.8 Å². The summed E-state index contributed by atoms with van der Waals surface area (Å²) < 4.78 is 27.7. The second-order valence-electron chi connectivity index (χ2n) is 6.00. The van der Waals surface area contributed by atoms with Crippen LogP contribution in [0, 0.1) is 6.92 Å². The molecule has 3 rings (SSSR count). The summed E-state index contributed by atoms with van der Waals surface area (Å²) in [6, 6.07) is 6.00. The van der Waals surface area contributed by atoms with Crippen LogP contribution in [0.5, 0.6) is 0 Å². The molecule has 0 fully saturated rings. The summed E-state index contributed by atoms with van der Waals surface area (Å²) >= 11 is 0. The summed E-state index contributed by atoms with van der Waals surface area (Å²) in [5.41, 5.74) is 3.30. The molecule has 0 aliphatic carbocycles. The molecular formula is C16H23N5O2S. The van der Waals surface area contributed by atoms with Crippen LogP contribution in [0.25, 0.3) is 0 Å². The van der Waals surface area contributed by atoms with Crippen LogP contribution in [0.4, 0.5) is 5.69 Å². The van der Waals surface area contributed by atoms with Gasteiger partial charge in [0.2, 0.25) is 10.0 Å². The van der Waals surface area contributed by atoms with Crippen molar-refractivity contribution in [1.82, 2.24) is 19.1 Å². The molecule has 0 radical (unpaired) electrons. The molecule has 0 spiro atoms. The fourth-order valence-electron chi connectivity index (χ4n) is 2.95. The van der Waals surface area contributed by atoms with Crippen LogP contribution in [0.3, 0.4) is 0 Å². The Morgan fingerprint density at radius 3 is 2.75 bits per heavy atom. The maximum atomic E-state index is 12.1. The smallest absolute Gasteiger partial charge is 0.214 e. The summed E-state index contributed by atoms with van der Waals surface area (Å²) in [7, 11) is -1.20. The molecule has 0 atom stereocenters. The van der Waals surface area contributed by atoms with Crippen LogP contribution in [-0.2, 0) is 36.6 Å². The zero-order valence-electron chi connectivity index (χ0n) is 14.3. The Balaban J connectivity index is 1.78. The molecule has 2 heterocycles. The van der Waals surface area contributed by atoms with Gasteiger partial charge in [0.25, 0.3) is 0 Å². The quantitative estimate of drug-likeness (QED) is 0.884. The summed E-state index contributed by atoms with van der Waals surface area (Å²) in [5, 5.41) is 11.6. The van der Waals surface area contributed by atoms with Gasteiger partial charge in [-0.1, -0.05) is 12.1 Å². The number of hydrogen-bond acceptors (Lipinski definition) is 5. The maximum Gasteiger partial charge on any atom is 0.214 e. The zero-order chi connectivity index (χ0) is 17.3. The molecule has 8 heteroatoms. The van der Waals surface area contributed by atoms with Crippen molar-refractivity contribution in [3.63, 3.8) is 0 Å². The zero-order valence-corrected chi connectivity index (χ0v) is 15.1. The first-order valence-electron chi connectivity index (χ1n) is 8.09. The minimum atomic E-state index is -3.14. The normalized spacial score (nSPS) is 15.3. The van der Waals surface area contributed by atoms with Gasteiger partial charge in [-0.15, -0.1) is 10.2 Å². The number of rotatable bonds is 5. The first-order valence-corrected chi connectivity index (χ1v) is 9.70. The third-order valence-electron chi connectivity index (χ3n) is 4.61. The van der Waals surface area contributed by atoms with Crippen LogP contribution in [0.2, 0.25) is 0 Å². The average Bonchev–Trinajstić information content (AvgIpc) is 2.91. The molecule has 1 aromatic carbocycles. The monoisotopic (exact) mass is 349 g/mol. The Labute approximate surface area is 142 Å². The van der Waals surface area contributed by atoms with E-state index in [0.29, 0.717) is 19.6 Å². The fraction of sp³-hybridized carbons (Fsp3) is 0.500. The number of nitrogens with zero attached hydrogens (tertiary/aromatic N) is 4. The second kappa shape index (κ2) is 6.52. The molecule has 7 nitrogen and oxygen atoms in total. The molecule has 1 aliphatic rings. The van der Waals surface area contributed by atoms with Gasteiger partial charge in [-0.3, -0.25) is 0 Å². The first-order chi connectivity index (χ1) is 11.4. The van der Waals surface area contributed by atoms with E-state index in [9.17, 15) is 8.42 Å². The minimum absolute atomic E-state index is 0.145. The maximum absolute atomic E-state index is 12.1. The van der Waals surface area contributed by atoms with E-state index < -0.39 is 10.0 Å². The molecule has 0 bridgehead atoms. The number of fused-ring (bicyclic) bond motifs is 1. The molecule has 2 aromatic rings.